The van der Waals surface area contributed by atoms with Crippen molar-refractivity contribution in [1.82, 2.24) is 0 Å². The van der Waals surface area contributed by atoms with Crippen LogP contribution in [-0.4, -0.2) is 5.11 Å². The Bertz CT molecular complexity index is 277. The van der Waals surface area contributed by atoms with Gasteiger partial charge in [-0.1, -0.05) is 11.6 Å². The Labute approximate surface area is 82.3 Å². The molecule has 0 radical (unpaired) electrons. The molecule has 0 heterocycles. The molecule has 0 saturated carbocycles. The molecule has 0 fully saturated rings. The first-order chi connectivity index (χ1) is 5.15. The summed E-state index contributed by atoms with van der Waals surface area (Å²) in [6, 6.07) is 2.73. The Kier molecular flexibility index (Phi) is 3.09. The molecule has 0 atom stereocenters. The third-order valence-electron chi connectivity index (χ3n) is 1.26. The molecule has 0 amide bonds. The zero-order valence-electron chi connectivity index (χ0n) is 5.44. The number of hydrogen-bond acceptors (Lipinski definition) is 1. The number of aliphatic hydroxyl groups is 1. The van der Waals surface area contributed by atoms with E-state index >= 15 is 0 Å². The van der Waals surface area contributed by atoms with Crippen molar-refractivity contribution < 1.29 is 9.50 Å². The largest absolute Gasteiger partial charge is 0.392 e. The van der Waals surface area contributed by atoms with E-state index in [2.05, 4.69) is 0 Å². The summed E-state index contributed by atoms with van der Waals surface area (Å²) in [7, 11) is 0. The molecule has 0 saturated heterocycles. The maximum Gasteiger partial charge on any atom is 0.130 e. The van der Waals surface area contributed by atoms with Crippen LogP contribution in [0.3, 0.4) is 0 Å². The first-order valence-corrected chi connectivity index (χ1v) is 4.35. The van der Waals surface area contributed by atoms with Gasteiger partial charge in [-0.3, -0.25) is 0 Å². The lowest BCUT2D eigenvalue weighted by atomic mass is 10.2. The quantitative estimate of drug-likeness (QED) is 0.621. The first kappa shape index (κ1) is 9.22. The van der Waals surface area contributed by atoms with Crippen LogP contribution in [0, 0.1) is 9.39 Å². The van der Waals surface area contributed by atoms with Crippen molar-refractivity contribution in [1.29, 1.82) is 0 Å². The van der Waals surface area contributed by atoms with Crippen molar-refractivity contribution >= 4 is 34.2 Å². The Morgan fingerprint density at radius 2 is 2.18 bits per heavy atom. The highest BCUT2D eigenvalue weighted by Gasteiger charge is 2.04. The van der Waals surface area contributed by atoms with Gasteiger partial charge in [0.25, 0.3) is 0 Å². The second-order valence-corrected chi connectivity index (χ2v) is 3.59. The molecule has 0 aromatic heterocycles. The summed E-state index contributed by atoms with van der Waals surface area (Å²) >= 11 is 7.59. The van der Waals surface area contributed by atoms with E-state index in [-0.39, 0.29) is 12.2 Å². The van der Waals surface area contributed by atoms with Gasteiger partial charge >= 0.3 is 0 Å². The number of halogens is 3. The van der Waals surface area contributed by atoms with Crippen LogP contribution in [0.15, 0.2) is 12.1 Å². The molecule has 1 nitrogen and oxygen atoms in total. The van der Waals surface area contributed by atoms with Crippen LogP contribution in [-0.2, 0) is 6.61 Å². The topological polar surface area (TPSA) is 20.2 Å². The maximum absolute atomic E-state index is 12.8. The highest BCUT2D eigenvalue weighted by molar-refractivity contribution is 14.1. The molecule has 0 aliphatic heterocycles. The summed E-state index contributed by atoms with van der Waals surface area (Å²) in [6.45, 7) is -0.293. The normalized spacial score (nSPS) is 10.2. The summed E-state index contributed by atoms with van der Waals surface area (Å²) in [6.07, 6.45) is 0. The average molecular weight is 286 g/mol. The van der Waals surface area contributed by atoms with Gasteiger partial charge in [0.15, 0.2) is 0 Å². The summed E-state index contributed by atoms with van der Waals surface area (Å²) < 4.78 is 13.5. The Balaban J connectivity index is 3.21. The second kappa shape index (κ2) is 3.69. The zero-order chi connectivity index (χ0) is 8.43. The first-order valence-electron chi connectivity index (χ1n) is 2.89. The summed E-state index contributed by atoms with van der Waals surface area (Å²) in [5.74, 6) is -0.460. The molecule has 11 heavy (non-hydrogen) atoms. The smallest absolute Gasteiger partial charge is 0.130 e. The molecular weight excluding hydrogens is 281 g/mol. The lowest BCUT2D eigenvalue weighted by molar-refractivity contribution is 0.275. The number of rotatable bonds is 1. The molecule has 0 unspecified atom stereocenters. The van der Waals surface area contributed by atoms with Crippen molar-refractivity contribution in [3.63, 3.8) is 0 Å². The Morgan fingerprint density at radius 1 is 1.55 bits per heavy atom. The van der Waals surface area contributed by atoms with Crippen LogP contribution in [0.5, 0.6) is 0 Å². The van der Waals surface area contributed by atoms with Crippen molar-refractivity contribution in [2.45, 2.75) is 6.61 Å². The molecular formula is C7H5ClFIO. The lowest BCUT2D eigenvalue weighted by Gasteiger charge is -2.00. The molecule has 0 spiro atoms. The van der Waals surface area contributed by atoms with E-state index in [0.717, 1.165) is 3.57 Å². The van der Waals surface area contributed by atoms with E-state index in [1.165, 1.54) is 12.1 Å². The predicted molar refractivity (Wildman–Crippen MR) is 50.0 cm³/mol. The number of hydrogen-bond donors (Lipinski definition) is 1. The monoisotopic (exact) mass is 286 g/mol. The fourth-order valence-corrected chi connectivity index (χ4v) is 1.37. The van der Waals surface area contributed by atoms with E-state index in [1.807, 2.05) is 22.6 Å². The minimum Gasteiger partial charge on any atom is -0.392 e. The van der Waals surface area contributed by atoms with Gasteiger partial charge < -0.3 is 5.11 Å². The fourth-order valence-electron chi connectivity index (χ4n) is 0.685. The minimum absolute atomic E-state index is 0.277. The van der Waals surface area contributed by atoms with Crippen LogP contribution in [0.1, 0.15) is 5.56 Å². The van der Waals surface area contributed by atoms with Gasteiger partial charge in [0.1, 0.15) is 5.82 Å². The second-order valence-electron chi connectivity index (χ2n) is 2.02. The van der Waals surface area contributed by atoms with Gasteiger partial charge in [0.05, 0.1) is 11.6 Å². The molecule has 0 bridgehead atoms. The fraction of sp³-hybridized carbons (Fsp3) is 0.143. The van der Waals surface area contributed by atoms with Crippen LogP contribution in [0.2, 0.25) is 5.02 Å². The van der Waals surface area contributed by atoms with Crippen molar-refractivity contribution in [3.05, 3.63) is 32.1 Å². The molecule has 0 aliphatic rings. The number of aliphatic hydroxyl groups excluding tert-OH is 1. The van der Waals surface area contributed by atoms with Crippen LogP contribution in [0.4, 0.5) is 4.39 Å². The van der Waals surface area contributed by atoms with E-state index in [0.29, 0.717) is 5.02 Å². The average Bonchev–Trinajstić information content (AvgIpc) is 1.97. The maximum atomic E-state index is 12.8. The van der Waals surface area contributed by atoms with Crippen LogP contribution < -0.4 is 0 Å². The SMILES string of the molecule is OCc1cc(I)c(Cl)cc1F. The number of benzene rings is 1. The zero-order valence-corrected chi connectivity index (χ0v) is 8.36. The van der Waals surface area contributed by atoms with Gasteiger partial charge in [-0.25, -0.2) is 4.39 Å². The molecule has 4 heteroatoms. The van der Waals surface area contributed by atoms with Gasteiger partial charge in [0, 0.05) is 9.13 Å². The Morgan fingerprint density at radius 3 is 2.73 bits per heavy atom. The third-order valence-corrected chi connectivity index (χ3v) is 2.78. The molecule has 1 N–H and O–H groups in total. The molecule has 0 aliphatic carbocycles. The van der Waals surface area contributed by atoms with E-state index in [9.17, 15) is 4.39 Å². The standard InChI is InChI=1S/C7H5ClFIO/c8-5-2-6(9)4(3-11)1-7(5)10/h1-2,11H,3H2. The van der Waals surface area contributed by atoms with Crippen molar-refractivity contribution in [2.75, 3.05) is 0 Å². The third kappa shape index (κ3) is 2.04. The van der Waals surface area contributed by atoms with E-state index in [4.69, 9.17) is 16.7 Å². The molecule has 1 rings (SSSR count). The summed E-state index contributed by atoms with van der Waals surface area (Å²) in [5.41, 5.74) is 0.277. The highest BCUT2D eigenvalue weighted by Crippen LogP contribution is 2.22. The predicted octanol–water partition coefficient (Wildman–Crippen LogP) is 2.58. The molecule has 60 valence electrons. The highest BCUT2D eigenvalue weighted by atomic mass is 127. The van der Waals surface area contributed by atoms with Crippen LogP contribution >= 0.6 is 34.2 Å². The van der Waals surface area contributed by atoms with Gasteiger partial charge in [-0.05, 0) is 34.7 Å². The van der Waals surface area contributed by atoms with Gasteiger partial charge in [0.2, 0.25) is 0 Å². The van der Waals surface area contributed by atoms with Gasteiger partial charge in [-0.2, -0.15) is 0 Å². The van der Waals surface area contributed by atoms with E-state index in [1.54, 1.807) is 0 Å². The van der Waals surface area contributed by atoms with E-state index < -0.39 is 5.82 Å². The van der Waals surface area contributed by atoms with Crippen molar-refractivity contribution in [2.24, 2.45) is 0 Å². The van der Waals surface area contributed by atoms with Gasteiger partial charge in [-0.15, -0.1) is 0 Å². The van der Waals surface area contributed by atoms with Crippen LogP contribution in [0.25, 0.3) is 0 Å². The van der Waals surface area contributed by atoms with Crippen molar-refractivity contribution in [3.8, 4) is 0 Å². The lowest BCUT2D eigenvalue weighted by Crippen LogP contribution is -1.90. The molecule has 1 aromatic carbocycles. The molecule has 1 aromatic rings. The minimum atomic E-state index is -0.460. The summed E-state index contributed by atoms with van der Waals surface area (Å²) in [4.78, 5) is 0. The summed E-state index contributed by atoms with van der Waals surface area (Å²) in [5, 5.41) is 9.02. The Hall–Kier alpha value is 0.130.